The number of ether oxygens (including phenoxy) is 1. The number of carbonyl (C=O) groups is 3. The first-order valence-corrected chi connectivity index (χ1v) is 6.52. The fourth-order valence-corrected chi connectivity index (χ4v) is 0.608. The fraction of sp³-hybridized carbons (Fsp3) is 0.800. The van der Waals surface area contributed by atoms with Crippen LogP contribution in [-0.2, 0) is 19.1 Å². The third-order valence-corrected chi connectivity index (χ3v) is 2.50. The summed E-state index contributed by atoms with van der Waals surface area (Å²) >= 11 is 0. The van der Waals surface area contributed by atoms with Crippen molar-refractivity contribution in [3.8, 4) is 0 Å². The van der Waals surface area contributed by atoms with Gasteiger partial charge < -0.3 is 4.74 Å². The molecule has 112 valence electrons. The van der Waals surface area contributed by atoms with Crippen molar-refractivity contribution in [1.29, 1.82) is 0 Å². The molecule has 0 aromatic heterocycles. The van der Waals surface area contributed by atoms with Gasteiger partial charge in [0.15, 0.2) is 0 Å². The van der Waals surface area contributed by atoms with E-state index in [1.165, 1.54) is 0 Å². The van der Waals surface area contributed by atoms with E-state index in [4.69, 9.17) is 0 Å². The number of esters is 1. The van der Waals surface area contributed by atoms with Gasteiger partial charge in [-0.1, -0.05) is 41.5 Å². The van der Waals surface area contributed by atoms with Crippen molar-refractivity contribution in [2.75, 3.05) is 6.61 Å². The molecule has 0 bridgehead atoms. The monoisotopic (exact) mass is 272 g/mol. The van der Waals surface area contributed by atoms with Gasteiger partial charge in [-0.3, -0.25) is 14.4 Å². The Morgan fingerprint density at radius 1 is 0.895 bits per heavy atom. The lowest BCUT2D eigenvalue weighted by molar-refractivity contribution is -0.147. The molecule has 0 aliphatic rings. The lowest BCUT2D eigenvalue weighted by atomic mass is 9.89. The van der Waals surface area contributed by atoms with E-state index in [0.29, 0.717) is 6.61 Å². The molecule has 0 aromatic rings. The number of hydrogen-bond acceptors (Lipinski definition) is 4. The predicted molar refractivity (Wildman–Crippen MR) is 75.8 cm³/mol. The van der Waals surface area contributed by atoms with Gasteiger partial charge in [-0.05, 0) is 13.8 Å². The summed E-state index contributed by atoms with van der Waals surface area (Å²) in [4.78, 5) is 32.6. The summed E-state index contributed by atoms with van der Waals surface area (Å²) in [7, 11) is 0. The highest BCUT2D eigenvalue weighted by Crippen LogP contribution is 2.16. The zero-order valence-electron chi connectivity index (χ0n) is 13.5. The van der Waals surface area contributed by atoms with E-state index in [2.05, 4.69) is 4.74 Å². The van der Waals surface area contributed by atoms with E-state index in [9.17, 15) is 14.4 Å². The van der Waals surface area contributed by atoms with Crippen LogP contribution in [0.4, 0.5) is 0 Å². The molecule has 0 aliphatic carbocycles. The predicted octanol–water partition coefficient (Wildman–Crippen LogP) is 3.18. The van der Waals surface area contributed by atoms with Crippen LogP contribution in [0.25, 0.3) is 0 Å². The van der Waals surface area contributed by atoms with Crippen LogP contribution in [0, 0.1) is 10.8 Å². The summed E-state index contributed by atoms with van der Waals surface area (Å²) < 4.78 is 4.65. The second kappa shape index (κ2) is 8.08. The quantitative estimate of drug-likeness (QED) is 0.585. The van der Waals surface area contributed by atoms with E-state index in [-0.39, 0.29) is 23.4 Å². The third kappa shape index (κ3) is 11.6. The minimum atomic E-state index is -0.452. The first-order valence-electron chi connectivity index (χ1n) is 6.52. The SMILES string of the molecule is CC(=O)C(C)(C)C.CCOC(=O)CC(=O)C(C)(C)C. The van der Waals surface area contributed by atoms with Gasteiger partial charge in [0.2, 0.25) is 0 Å². The van der Waals surface area contributed by atoms with Gasteiger partial charge >= 0.3 is 5.97 Å². The second-order valence-electron chi connectivity index (χ2n) is 6.46. The highest BCUT2D eigenvalue weighted by atomic mass is 16.5. The number of hydrogen-bond donors (Lipinski definition) is 0. The lowest BCUT2D eigenvalue weighted by Crippen LogP contribution is -2.23. The van der Waals surface area contributed by atoms with Crippen molar-refractivity contribution < 1.29 is 19.1 Å². The summed E-state index contributed by atoms with van der Waals surface area (Å²) in [6.45, 7) is 14.8. The molecule has 4 nitrogen and oxygen atoms in total. The standard InChI is InChI=1S/C9H16O3.C6H12O/c1-5-12-8(11)6-7(10)9(2,3)4;1-5(7)6(2,3)4/h5-6H2,1-4H3;1-4H3. The third-order valence-electron chi connectivity index (χ3n) is 2.50. The van der Waals surface area contributed by atoms with Crippen LogP contribution in [0.3, 0.4) is 0 Å². The molecule has 19 heavy (non-hydrogen) atoms. The molecule has 4 heteroatoms. The molecular formula is C15H28O4. The van der Waals surface area contributed by atoms with Crippen LogP contribution >= 0.6 is 0 Å². The molecule has 0 spiro atoms. The van der Waals surface area contributed by atoms with Crippen molar-refractivity contribution in [3.63, 3.8) is 0 Å². The largest absolute Gasteiger partial charge is 0.466 e. The van der Waals surface area contributed by atoms with E-state index < -0.39 is 11.4 Å². The summed E-state index contributed by atoms with van der Waals surface area (Å²) in [6.07, 6.45) is -0.114. The van der Waals surface area contributed by atoms with E-state index in [0.717, 1.165) is 0 Å². The first kappa shape index (κ1) is 20.1. The molecular weight excluding hydrogens is 244 g/mol. The van der Waals surface area contributed by atoms with Crippen molar-refractivity contribution in [3.05, 3.63) is 0 Å². The molecule has 0 atom stereocenters. The molecule has 0 amide bonds. The van der Waals surface area contributed by atoms with Gasteiger partial charge in [0, 0.05) is 10.8 Å². The fourth-order valence-electron chi connectivity index (χ4n) is 0.608. The average Bonchev–Trinajstić information content (AvgIpc) is 2.15. The number of Topliss-reactive ketones (excluding diaryl/α,β-unsaturated/α-hetero) is 2. The first-order chi connectivity index (χ1) is 8.32. The molecule has 0 radical (unpaired) electrons. The minimum Gasteiger partial charge on any atom is -0.466 e. The molecule has 0 rings (SSSR count). The highest BCUT2D eigenvalue weighted by Gasteiger charge is 2.23. The lowest BCUT2D eigenvalue weighted by Gasteiger charge is -2.15. The van der Waals surface area contributed by atoms with E-state index in [1.54, 1.807) is 34.6 Å². The van der Waals surface area contributed by atoms with Crippen molar-refractivity contribution in [2.24, 2.45) is 10.8 Å². The summed E-state index contributed by atoms with van der Waals surface area (Å²) in [5.41, 5.74) is -0.591. The van der Waals surface area contributed by atoms with Crippen LogP contribution in [-0.4, -0.2) is 24.1 Å². The summed E-state index contributed by atoms with van der Waals surface area (Å²) in [6, 6.07) is 0. The van der Waals surface area contributed by atoms with Gasteiger partial charge in [-0.15, -0.1) is 0 Å². The van der Waals surface area contributed by atoms with Crippen LogP contribution in [0.15, 0.2) is 0 Å². The van der Waals surface area contributed by atoms with Crippen molar-refractivity contribution in [2.45, 2.75) is 61.8 Å². The zero-order chi connectivity index (χ0) is 15.9. The maximum Gasteiger partial charge on any atom is 0.313 e. The Bertz CT molecular complexity index is 316. The average molecular weight is 272 g/mol. The van der Waals surface area contributed by atoms with Gasteiger partial charge in [0.25, 0.3) is 0 Å². The Morgan fingerprint density at radius 3 is 1.47 bits per heavy atom. The minimum absolute atomic E-state index is 0.0825. The second-order valence-corrected chi connectivity index (χ2v) is 6.46. The highest BCUT2D eigenvalue weighted by molar-refractivity contribution is 5.98. The van der Waals surface area contributed by atoms with Gasteiger partial charge in [-0.25, -0.2) is 0 Å². The normalized spacial score (nSPS) is 11.2. The smallest absolute Gasteiger partial charge is 0.313 e. The number of rotatable bonds is 3. The number of carbonyl (C=O) groups excluding carboxylic acids is 3. The van der Waals surface area contributed by atoms with Crippen LogP contribution < -0.4 is 0 Å². The van der Waals surface area contributed by atoms with Crippen molar-refractivity contribution in [1.82, 2.24) is 0 Å². The molecule has 0 N–H and O–H groups in total. The molecule has 0 saturated carbocycles. The maximum absolute atomic E-state index is 11.2. The van der Waals surface area contributed by atoms with Crippen LogP contribution in [0.5, 0.6) is 0 Å². The maximum atomic E-state index is 11.2. The summed E-state index contributed by atoms with van der Waals surface area (Å²) in [5.74, 6) is -0.272. The van der Waals surface area contributed by atoms with Crippen LogP contribution in [0.1, 0.15) is 61.8 Å². The molecule has 0 saturated heterocycles. The Labute approximate surface area is 116 Å². The molecule has 0 aromatic carbocycles. The van der Waals surface area contributed by atoms with E-state index >= 15 is 0 Å². The van der Waals surface area contributed by atoms with Crippen molar-refractivity contribution >= 4 is 17.5 Å². The van der Waals surface area contributed by atoms with Crippen LogP contribution in [0.2, 0.25) is 0 Å². The summed E-state index contributed by atoms with van der Waals surface area (Å²) in [5, 5.41) is 0. The molecule has 0 fully saturated rings. The van der Waals surface area contributed by atoms with Gasteiger partial charge in [-0.2, -0.15) is 0 Å². The zero-order valence-corrected chi connectivity index (χ0v) is 13.5. The van der Waals surface area contributed by atoms with E-state index in [1.807, 2.05) is 20.8 Å². The van der Waals surface area contributed by atoms with Gasteiger partial charge in [0.1, 0.15) is 18.0 Å². The Kier molecular flexibility index (Phi) is 8.56. The molecule has 0 heterocycles. The Balaban J connectivity index is 0. The topological polar surface area (TPSA) is 60.4 Å². The Hall–Kier alpha value is -1.19. The van der Waals surface area contributed by atoms with Gasteiger partial charge in [0.05, 0.1) is 6.61 Å². The Morgan fingerprint density at radius 2 is 1.26 bits per heavy atom. The molecule has 0 unspecified atom stereocenters. The number of ketones is 2. The molecule has 0 aliphatic heterocycles.